The molecule has 4 rings (SSSR count). The van der Waals surface area contributed by atoms with Crippen molar-refractivity contribution in [3.05, 3.63) is 30.2 Å². The molecule has 0 aliphatic carbocycles. The first-order valence-electron chi connectivity index (χ1n) is 7.57. The Morgan fingerprint density at radius 2 is 1.95 bits per heavy atom. The van der Waals surface area contributed by atoms with E-state index in [0.29, 0.717) is 12.0 Å². The van der Waals surface area contributed by atoms with Crippen LogP contribution in [0.25, 0.3) is 11.1 Å². The number of ether oxygens (including phenoxy) is 1. The van der Waals surface area contributed by atoms with Crippen molar-refractivity contribution in [2.24, 2.45) is 0 Å². The Kier molecular flexibility index (Phi) is 3.20. The highest BCUT2D eigenvalue weighted by Crippen LogP contribution is 2.31. The van der Waals surface area contributed by atoms with Crippen molar-refractivity contribution in [1.29, 1.82) is 0 Å². The van der Waals surface area contributed by atoms with Gasteiger partial charge in [-0.25, -0.2) is 4.98 Å². The normalized spacial score (nSPS) is 25.5. The zero-order chi connectivity index (χ0) is 13.4. The first-order valence-corrected chi connectivity index (χ1v) is 7.57. The first-order chi connectivity index (χ1) is 9.90. The standard InChI is InChI=1S/C16H20N2O2/c1-2-4-15-14(3-1)17-16(20-15)12-5-8-18(11-12)13-6-9-19-10-7-13/h1-4,12-13H,5-11H2. The summed E-state index contributed by atoms with van der Waals surface area (Å²) in [4.78, 5) is 7.26. The van der Waals surface area contributed by atoms with Crippen molar-refractivity contribution in [1.82, 2.24) is 9.88 Å². The van der Waals surface area contributed by atoms with Crippen molar-refractivity contribution in [2.75, 3.05) is 26.3 Å². The molecule has 4 nitrogen and oxygen atoms in total. The Hall–Kier alpha value is -1.39. The van der Waals surface area contributed by atoms with Gasteiger partial charge in [0.25, 0.3) is 0 Å². The van der Waals surface area contributed by atoms with E-state index in [-0.39, 0.29) is 0 Å². The van der Waals surface area contributed by atoms with Crippen LogP contribution in [0.4, 0.5) is 0 Å². The van der Waals surface area contributed by atoms with E-state index in [9.17, 15) is 0 Å². The van der Waals surface area contributed by atoms with E-state index < -0.39 is 0 Å². The smallest absolute Gasteiger partial charge is 0.199 e. The van der Waals surface area contributed by atoms with Crippen molar-refractivity contribution in [3.63, 3.8) is 0 Å². The monoisotopic (exact) mass is 272 g/mol. The van der Waals surface area contributed by atoms with Gasteiger partial charge >= 0.3 is 0 Å². The van der Waals surface area contributed by atoms with Crippen LogP contribution in [0.15, 0.2) is 28.7 Å². The molecule has 1 atom stereocenters. The third-order valence-corrected chi connectivity index (χ3v) is 4.59. The van der Waals surface area contributed by atoms with E-state index in [1.165, 1.54) is 12.8 Å². The van der Waals surface area contributed by atoms with Crippen molar-refractivity contribution < 1.29 is 9.15 Å². The number of hydrogen-bond acceptors (Lipinski definition) is 4. The number of fused-ring (bicyclic) bond motifs is 1. The van der Waals surface area contributed by atoms with Crippen molar-refractivity contribution in [2.45, 2.75) is 31.2 Å². The molecule has 0 spiro atoms. The second kappa shape index (κ2) is 5.19. The molecule has 20 heavy (non-hydrogen) atoms. The minimum Gasteiger partial charge on any atom is -0.440 e. The number of para-hydroxylation sites is 2. The summed E-state index contributed by atoms with van der Waals surface area (Å²) in [5, 5.41) is 0. The number of benzene rings is 1. The molecule has 0 saturated carbocycles. The largest absolute Gasteiger partial charge is 0.440 e. The minimum absolute atomic E-state index is 0.449. The van der Waals surface area contributed by atoms with Crippen LogP contribution < -0.4 is 0 Å². The van der Waals surface area contributed by atoms with Crippen molar-refractivity contribution in [3.8, 4) is 0 Å². The predicted octanol–water partition coefficient (Wildman–Crippen LogP) is 2.80. The summed E-state index contributed by atoms with van der Waals surface area (Å²) in [6.45, 7) is 4.06. The molecule has 0 radical (unpaired) electrons. The minimum atomic E-state index is 0.449. The van der Waals surface area contributed by atoms with Gasteiger partial charge in [-0.05, 0) is 37.9 Å². The molecule has 2 aliphatic rings. The van der Waals surface area contributed by atoms with E-state index in [4.69, 9.17) is 9.15 Å². The lowest BCUT2D eigenvalue weighted by molar-refractivity contribution is 0.0417. The second-order valence-electron chi connectivity index (χ2n) is 5.84. The molecule has 2 aromatic rings. The summed E-state index contributed by atoms with van der Waals surface area (Å²) >= 11 is 0. The molecule has 2 aliphatic heterocycles. The SMILES string of the molecule is c1ccc2oc(C3CCN(C4CCOCC4)C3)nc2c1. The summed E-state index contributed by atoms with van der Waals surface area (Å²) in [5.74, 6) is 1.37. The zero-order valence-electron chi connectivity index (χ0n) is 11.6. The predicted molar refractivity (Wildman–Crippen MR) is 76.8 cm³/mol. The van der Waals surface area contributed by atoms with Gasteiger partial charge in [0.2, 0.25) is 0 Å². The van der Waals surface area contributed by atoms with E-state index in [0.717, 1.165) is 49.7 Å². The van der Waals surface area contributed by atoms with Crippen molar-refractivity contribution >= 4 is 11.1 Å². The van der Waals surface area contributed by atoms with Crippen LogP contribution in [0, 0.1) is 0 Å². The molecule has 3 heterocycles. The lowest BCUT2D eigenvalue weighted by Crippen LogP contribution is -2.37. The molecule has 1 aromatic carbocycles. The molecule has 2 saturated heterocycles. The quantitative estimate of drug-likeness (QED) is 0.842. The molecule has 0 amide bonds. The Balaban J connectivity index is 1.49. The highest BCUT2D eigenvalue weighted by molar-refractivity contribution is 5.72. The van der Waals surface area contributed by atoms with E-state index >= 15 is 0 Å². The van der Waals surface area contributed by atoms with Crippen LogP contribution in [0.2, 0.25) is 0 Å². The van der Waals surface area contributed by atoms with Gasteiger partial charge in [0, 0.05) is 31.7 Å². The molecule has 0 bridgehead atoms. The van der Waals surface area contributed by atoms with Gasteiger partial charge in [0.15, 0.2) is 11.5 Å². The maximum atomic E-state index is 5.93. The fourth-order valence-electron chi connectivity index (χ4n) is 3.44. The summed E-state index contributed by atoms with van der Waals surface area (Å²) in [6, 6.07) is 8.72. The molecular formula is C16H20N2O2. The third-order valence-electron chi connectivity index (χ3n) is 4.59. The number of hydrogen-bond donors (Lipinski definition) is 0. The number of oxazole rings is 1. The van der Waals surface area contributed by atoms with Gasteiger partial charge in [-0.3, -0.25) is 4.90 Å². The fourth-order valence-corrected chi connectivity index (χ4v) is 3.44. The summed E-state index contributed by atoms with van der Waals surface area (Å²) in [6.07, 6.45) is 3.49. The molecule has 4 heteroatoms. The molecule has 1 unspecified atom stereocenters. The van der Waals surface area contributed by atoms with Crippen LogP contribution in [0.3, 0.4) is 0 Å². The topological polar surface area (TPSA) is 38.5 Å². The Morgan fingerprint density at radius 1 is 1.10 bits per heavy atom. The first kappa shape index (κ1) is 12.4. The highest BCUT2D eigenvalue weighted by atomic mass is 16.5. The van der Waals surface area contributed by atoms with Gasteiger partial charge in [-0.2, -0.15) is 0 Å². The lowest BCUT2D eigenvalue weighted by atomic mass is 10.1. The maximum Gasteiger partial charge on any atom is 0.199 e. The Morgan fingerprint density at radius 3 is 2.80 bits per heavy atom. The molecule has 2 fully saturated rings. The fraction of sp³-hybridized carbons (Fsp3) is 0.562. The maximum absolute atomic E-state index is 5.93. The highest BCUT2D eigenvalue weighted by Gasteiger charge is 2.32. The van der Waals surface area contributed by atoms with Gasteiger partial charge < -0.3 is 9.15 Å². The van der Waals surface area contributed by atoms with Crippen LogP contribution in [-0.2, 0) is 4.74 Å². The Labute approximate surface area is 118 Å². The van der Waals surface area contributed by atoms with E-state index in [1.54, 1.807) is 0 Å². The van der Waals surface area contributed by atoms with Gasteiger partial charge in [0.05, 0.1) is 0 Å². The number of nitrogens with zero attached hydrogens (tertiary/aromatic N) is 2. The Bertz CT molecular complexity index is 556. The molecule has 106 valence electrons. The lowest BCUT2D eigenvalue weighted by Gasteiger charge is -2.30. The van der Waals surface area contributed by atoms with Gasteiger partial charge in [0.1, 0.15) is 5.52 Å². The van der Waals surface area contributed by atoms with Crippen LogP contribution >= 0.6 is 0 Å². The van der Waals surface area contributed by atoms with Gasteiger partial charge in [-0.15, -0.1) is 0 Å². The number of likely N-dealkylation sites (tertiary alicyclic amines) is 1. The van der Waals surface area contributed by atoms with Crippen LogP contribution in [-0.4, -0.2) is 42.2 Å². The molecule has 0 N–H and O–H groups in total. The number of aromatic nitrogens is 1. The van der Waals surface area contributed by atoms with Crippen LogP contribution in [0.5, 0.6) is 0 Å². The van der Waals surface area contributed by atoms with E-state index in [1.807, 2.05) is 24.3 Å². The second-order valence-corrected chi connectivity index (χ2v) is 5.84. The average molecular weight is 272 g/mol. The van der Waals surface area contributed by atoms with E-state index in [2.05, 4.69) is 9.88 Å². The third kappa shape index (κ3) is 2.23. The summed E-state index contributed by atoms with van der Waals surface area (Å²) < 4.78 is 11.4. The molecule has 1 aromatic heterocycles. The van der Waals surface area contributed by atoms with Gasteiger partial charge in [-0.1, -0.05) is 12.1 Å². The molecular weight excluding hydrogens is 252 g/mol. The average Bonchev–Trinajstić information content (AvgIpc) is 3.14. The van der Waals surface area contributed by atoms with Crippen LogP contribution in [0.1, 0.15) is 31.1 Å². The summed E-state index contributed by atoms with van der Waals surface area (Å²) in [7, 11) is 0. The summed E-state index contributed by atoms with van der Waals surface area (Å²) in [5.41, 5.74) is 1.89. The number of rotatable bonds is 2. The zero-order valence-corrected chi connectivity index (χ0v) is 11.6.